The van der Waals surface area contributed by atoms with Crippen LogP contribution in [-0.2, 0) is 11.4 Å². The van der Waals surface area contributed by atoms with Gasteiger partial charge in [-0.05, 0) is 25.7 Å². The van der Waals surface area contributed by atoms with Gasteiger partial charge >= 0.3 is 0 Å². The Morgan fingerprint density at radius 2 is 1.29 bits per heavy atom. The highest BCUT2D eigenvalue weighted by Gasteiger charge is 2.24. The fourth-order valence-electron chi connectivity index (χ4n) is 1.33. The highest BCUT2D eigenvalue weighted by atomic mass is 32.2. The fraction of sp³-hybridized carbons (Fsp3) is 1.00. The monoisotopic (exact) mass is 219 g/mol. The molecule has 0 heterocycles. The van der Waals surface area contributed by atoms with E-state index in [1.165, 1.54) is 0 Å². The zero-order valence-corrected chi connectivity index (χ0v) is 11.2. The minimum absolute atomic E-state index is 0.229. The van der Waals surface area contributed by atoms with Crippen molar-refractivity contribution in [3.8, 4) is 0 Å². The Bertz CT molecular complexity index is 138. The molecule has 3 heteroatoms. The van der Waals surface area contributed by atoms with Crippen molar-refractivity contribution in [3.05, 3.63) is 0 Å². The lowest BCUT2D eigenvalue weighted by Gasteiger charge is -2.29. The first-order valence-electron chi connectivity index (χ1n) is 5.50. The Kier molecular flexibility index (Phi) is 6.83. The second kappa shape index (κ2) is 6.70. The van der Waals surface area contributed by atoms with E-state index in [1.807, 2.05) is 13.8 Å². The summed E-state index contributed by atoms with van der Waals surface area (Å²) in [4.78, 5) is 0. The largest absolute Gasteiger partial charge is 0.598 e. The van der Waals surface area contributed by atoms with Crippen LogP contribution in [0.15, 0.2) is 0 Å². The van der Waals surface area contributed by atoms with Crippen LogP contribution in [0.5, 0.6) is 0 Å². The average molecular weight is 219 g/mol. The molecule has 14 heavy (non-hydrogen) atoms. The SMILES string of the molecule is CC(C)CN(CC(C)C)[S@+]([O-])C(C)C. The third kappa shape index (κ3) is 5.89. The standard InChI is InChI=1S/C11H25NOS/c1-9(2)7-12(8-10(3)4)14(13)11(5)6/h9-11H,7-8H2,1-6H3/t14-/m1/s1. The van der Waals surface area contributed by atoms with Crippen LogP contribution in [0.25, 0.3) is 0 Å². The predicted octanol–water partition coefficient (Wildman–Crippen LogP) is 2.67. The Balaban J connectivity index is 4.22. The zero-order valence-electron chi connectivity index (χ0n) is 10.4. The Hall–Kier alpha value is 0.270. The summed E-state index contributed by atoms with van der Waals surface area (Å²) in [5.74, 6) is 1.16. The van der Waals surface area contributed by atoms with Gasteiger partial charge < -0.3 is 4.55 Å². The molecule has 0 fully saturated rings. The topological polar surface area (TPSA) is 26.3 Å². The van der Waals surface area contributed by atoms with Gasteiger partial charge in [-0.1, -0.05) is 27.7 Å². The molecule has 0 bridgehead atoms. The van der Waals surface area contributed by atoms with Crippen molar-refractivity contribution in [1.82, 2.24) is 4.31 Å². The maximum absolute atomic E-state index is 12.0. The van der Waals surface area contributed by atoms with Crippen molar-refractivity contribution in [1.29, 1.82) is 0 Å². The Morgan fingerprint density at radius 1 is 0.929 bits per heavy atom. The quantitative estimate of drug-likeness (QED) is 0.642. The Labute approximate surface area is 92.4 Å². The van der Waals surface area contributed by atoms with Gasteiger partial charge in [-0.3, -0.25) is 0 Å². The van der Waals surface area contributed by atoms with Crippen LogP contribution in [0.2, 0.25) is 0 Å². The summed E-state index contributed by atoms with van der Waals surface area (Å²) in [7, 11) is 0. The molecule has 0 aliphatic heterocycles. The van der Waals surface area contributed by atoms with Gasteiger partial charge in [0.2, 0.25) is 0 Å². The van der Waals surface area contributed by atoms with E-state index in [0.29, 0.717) is 11.8 Å². The molecule has 0 aromatic heterocycles. The van der Waals surface area contributed by atoms with Crippen LogP contribution >= 0.6 is 0 Å². The second-order valence-corrected chi connectivity index (χ2v) is 6.97. The number of hydrogen-bond acceptors (Lipinski definition) is 2. The molecule has 0 aliphatic rings. The van der Waals surface area contributed by atoms with E-state index in [9.17, 15) is 4.55 Å². The molecule has 0 saturated carbocycles. The number of hydrogen-bond donors (Lipinski definition) is 0. The summed E-state index contributed by atoms with van der Waals surface area (Å²) in [6.07, 6.45) is 0. The molecule has 0 unspecified atom stereocenters. The van der Waals surface area contributed by atoms with E-state index in [4.69, 9.17) is 0 Å². The van der Waals surface area contributed by atoms with E-state index < -0.39 is 11.4 Å². The lowest BCUT2D eigenvalue weighted by Crippen LogP contribution is -2.40. The maximum atomic E-state index is 12.0. The van der Waals surface area contributed by atoms with E-state index in [0.717, 1.165) is 13.1 Å². The molecule has 0 aromatic carbocycles. The lowest BCUT2D eigenvalue weighted by molar-refractivity contribution is 0.330. The summed E-state index contributed by atoms with van der Waals surface area (Å²) in [6.45, 7) is 14.6. The summed E-state index contributed by atoms with van der Waals surface area (Å²) in [5.41, 5.74) is 0. The smallest absolute Gasteiger partial charge is 0.130 e. The van der Waals surface area contributed by atoms with Crippen molar-refractivity contribution >= 4 is 11.4 Å². The van der Waals surface area contributed by atoms with Gasteiger partial charge in [0.1, 0.15) is 5.25 Å². The normalized spacial score (nSPS) is 14.8. The third-order valence-corrected chi connectivity index (χ3v) is 3.41. The van der Waals surface area contributed by atoms with Gasteiger partial charge in [-0.2, -0.15) is 0 Å². The van der Waals surface area contributed by atoms with Crippen LogP contribution < -0.4 is 0 Å². The summed E-state index contributed by atoms with van der Waals surface area (Å²) in [5, 5.41) is 0.229. The van der Waals surface area contributed by atoms with Crippen molar-refractivity contribution in [2.45, 2.75) is 46.8 Å². The van der Waals surface area contributed by atoms with Crippen molar-refractivity contribution < 1.29 is 4.55 Å². The van der Waals surface area contributed by atoms with Crippen molar-refractivity contribution in [2.75, 3.05) is 13.1 Å². The molecule has 0 saturated heterocycles. The second-order valence-electron chi connectivity index (χ2n) is 4.96. The van der Waals surface area contributed by atoms with E-state index in [1.54, 1.807) is 0 Å². The minimum Gasteiger partial charge on any atom is -0.598 e. The van der Waals surface area contributed by atoms with Crippen molar-refractivity contribution in [2.24, 2.45) is 11.8 Å². The molecule has 86 valence electrons. The molecular formula is C11H25NOS. The molecule has 0 aliphatic carbocycles. The van der Waals surface area contributed by atoms with Gasteiger partial charge in [-0.15, -0.1) is 4.31 Å². The first-order chi connectivity index (χ1) is 6.34. The zero-order chi connectivity index (χ0) is 11.3. The molecule has 2 nitrogen and oxygen atoms in total. The van der Waals surface area contributed by atoms with Crippen LogP contribution in [0.1, 0.15) is 41.5 Å². The molecule has 0 radical (unpaired) electrons. The lowest BCUT2D eigenvalue weighted by atomic mass is 10.2. The first-order valence-corrected chi connectivity index (χ1v) is 6.67. The minimum atomic E-state index is -0.817. The van der Waals surface area contributed by atoms with Gasteiger partial charge in [0.25, 0.3) is 0 Å². The maximum Gasteiger partial charge on any atom is 0.130 e. The van der Waals surface area contributed by atoms with Gasteiger partial charge in [0.15, 0.2) is 0 Å². The van der Waals surface area contributed by atoms with Gasteiger partial charge in [0, 0.05) is 24.5 Å². The number of nitrogens with zero attached hydrogens (tertiary/aromatic N) is 1. The molecular weight excluding hydrogens is 194 g/mol. The predicted molar refractivity (Wildman–Crippen MR) is 64.5 cm³/mol. The molecule has 0 aromatic rings. The molecule has 0 amide bonds. The fourth-order valence-corrected chi connectivity index (χ4v) is 2.82. The van der Waals surface area contributed by atoms with Crippen LogP contribution in [0.3, 0.4) is 0 Å². The summed E-state index contributed by atoms with van der Waals surface area (Å²) >= 11 is -0.817. The third-order valence-electron chi connectivity index (χ3n) is 1.80. The first kappa shape index (κ1) is 14.3. The molecule has 0 spiro atoms. The molecule has 0 N–H and O–H groups in total. The number of rotatable bonds is 6. The van der Waals surface area contributed by atoms with E-state index >= 15 is 0 Å². The van der Waals surface area contributed by atoms with Crippen molar-refractivity contribution in [3.63, 3.8) is 0 Å². The van der Waals surface area contributed by atoms with E-state index in [-0.39, 0.29) is 5.25 Å². The highest BCUT2D eigenvalue weighted by molar-refractivity contribution is 7.89. The molecule has 1 atom stereocenters. The van der Waals surface area contributed by atoms with Crippen LogP contribution in [0, 0.1) is 11.8 Å². The van der Waals surface area contributed by atoms with Crippen LogP contribution in [0.4, 0.5) is 0 Å². The van der Waals surface area contributed by atoms with Gasteiger partial charge in [0.05, 0.1) is 0 Å². The molecule has 0 rings (SSSR count). The average Bonchev–Trinajstić information content (AvgIpc) is 1.99. The van der Waals surface area contributed by atoms with E-state index in [2.05, 4.69) is 32.0 Å². The van der Waals surface area contributed by atoms with Gasteiger partial charge in [-0.25, -0.2) is 0 Å². The van der Waals surface area contributed by atoms with Crippen LogP contribution in [-0.4, -0.2) is 27.2 Å². The Morgan fingerprint density at radius 3 is 1.50 bits per heavy atom. The highest BCUT2D eigenvalue weighted by Crippen LogP contribution is 2.13. The summed E-state index contributed by atoms with van der Waals surface area (Å²) < 4.78 is 14.1. The summed E-state index contributed by atoms with van der Waals surface area (Å²) in [6, 6.07) is 0.